The summed E-state index contributed by atoms with van der Waals surface area (Å²) in [5.41, 5.74) is 3.09. The zero-order valence-corrected chi connectivity index (χ0v) is 17.6. The second-order valence-electron chi connectivity index (χ2n) is 7.67. The van der Waals surface area contributed by atoms with E-state index < -0.39 is 0 Å². The maximum absolute atomic E-state index is 13.1. The van der Waals surface area contributed by atoms with Crippen molar-refractivity contribution in [2.75, 3.05) is 43.4 Å². The first-order valence-electron chi connectivity index (χ1n) is 10.4. The van der Waals surface area contributed by atoms with Crippen molar-refractivity contribution < 1.29 is 13.9 Å². The summed E-state index contributed by atoms with van der Waals surface area (Å²) in [6.45, 7) is 4.06. The molecule has 1 fully saturated rings. The molecule has 0 unspecified atom stereocenters. The van der Waals surface area contributed by atoms with Gasteiger partial charge in [0, 0.05) is 26.2 Å². The van der Waals surface area contributed by atoms with Crippen molar-refractivity contribution in [1.29, 1.82) is 0 Å². The molecule has 4 rings (SSSR count). The Bertz CT molecular complexity index is 1030. The van der Waals surface area contributed by atoms with Gasteiger partial charge in [-0.15, -0.1) is 0 Å². The molecule has 0 spiro atoms. The van der Waals surface area contributed by atoms with E-state index >= 15 is 0 Å². The maximum atomic E-state index is 13.1. The highest BCUT2D eigenvalue weighted by Gasteiger charge is 2.19. The fourth-order valence-electron chi connectivity index (χ4n) is 3.61. The van der Waals surface area contributed by atoms with Crippen LogP contribution in [0.3, 0.4) is 0 Å². The second kappa shape index (κ2) is 9.62. The number of nitrogens with one attached hydrogen (secondary N) is 1. The number of para-hydroxylation sites is 3. The Morgan fingerprint density at radius 2 is 1.61 bits per heavy atom. The van der Waals surface area contributed by atoms with Gasteiger partial charge in [0.05, 0.1) is 16.9 Å². The van der Waals surface area contributed by atoms with Crippen molar-refractivity contribution >= 4 is 17.3 Å². The summed E-state index contributed by atoms with van der Waals surface area (Å²) < 4.78 is 19.0. The van der Waals surface area contributed by atoms with E-state index in [2.05, 4.69) is 22.2 Å². The Labute approximate surface area is 182 Å². The summed E-state index contributed by atoms with van der Waals surface area (Å²) in [6, 6.07) is 21.2. The van der Waals surface area contributed by atoms with Gasteiger partial charge in [0.25, 0.3) is 5.91 Å². The van der Waals surface area contributed by atoms with Crippen LogP contribution in [0.2, 0.25) is 0 Å². The number of benzene rings is 3. The van der Waals surface area contributed by atoms with E-state index in [0.29, 0.717) is 11.3 Å². The summed E-state index contributed by atoms with van der Waals surface area (Å²) in [5, 5.41) is 3.06. The van der Waals surface area contributed by atoms with Crippen molar-refractivity contribution in [2.24, 2.45) is 0 Å². The predicted molar refractivity (Wildman–Crippen MR) is 121 cm³/mol. The number of likely N-dealkylation sites (N-methyl/N-ethyl adjacent to an activating group) is 1. The number of piperazine rings is 1. The molecule has 3 aromatic rings. The first kappa shape index (κ1) is 20.9. The van der Waals surface area contributed by atoms with Gasteiger partial charge in [-0.05, 0) is 49.0 Å². The number of nitrogens with zero attached hydrogens (tertiary/aromatic N) is 2. The Kier molecular flexibility index (Phi) is 6.48. The molecule has 0 saturated carbocycles. The number of amides is 1. The molecule has 1 heterocycles. The average molecular weight is 420 g/mol. The number of hydrogen-bond acceptors (Lipinski definition) is 4. The van der Waals surface area contributed by atoms with Crippen LogP contribution in [0.1, 0.15) is 15.9 Å². The van der Waals surface area contributed by atoms with Crippen LogP contribution in [0.5, 0.6) is 5.75 Å². The molecule has 3 aromatic carbocycles. The van der Waals surface area contributed by atoms with Gasteiger partial charge in [0.1, 0.15) is 18.2 Å². The zero-order chi connectivity index (χ0) is 21.6. The van der Waals surface area contributed by atoms with Crippen LogP contribution in [-0.2, 0) is 6.61 Å². The Morgan fingerprint density at radius 3 is 2.39 bits per heavy atom. The van der Waals surface area contributed by atoms with Crippen LogP contribution >= 0.6 is 0 Å². The number of carbonyl (C=O) groups is 1. The molecule has 1 amide bonds. The fourth-order valence-corrected chi connectivity index (χ4v) is 3.61. The smallest absolute Gasteiger partial charge is 0.259 e. The Morgan fingerprint density at radius 1 is 0.935 bits per heavy atom. The van der Waals surface area contributed by atoms with Crippen molar-refractivity contribution in [3.8, 4) is 5.75 Å². The number of ether oxygens (including phenoxy) is 1. The molecule has 5 nitrogen and oxygen atoms in total. The number of carbonyl (C=O) groups excluding carboxylic acids is 1. The van der Waals surface area contributed by atoms with E-state index in [1.54, 1.807) is 24.3 Å². The van der Waals surface area contributed by atoms with Crippen molar-refractivity contribution in [2.45, 2.75) is 6.61 Å². The lowest BCUT2D eigenvalue weighted by molar-refractivity contribution is 0.102. The standard InChI is InChI=1S/C25H26FN3O2/c1-28-14-16-29(17-15-28)23-8-4-3-7-22(23)27-25(30)21-6-2-5-9-24(21)31-18-19-10-12-20(26)13-11-19/h2-13H,14-18H2,1H3,(H,27,30). The first-order valence-corrected chi connectivity index (χ1v) is 10.4. The molecule has 0 aromatic heterocycles. The predicted octanol–water partition coefficient (Wildman–Crippen LogP) is 4.41. The minimum absolute atomic E-state index is 0.226. The van der Waals surface area contributed by atoms with Crippen LogP contribution in [0, 0.1) is 5.82 Å². The first-order chi connectivity index (χ1) is 15.1. The second-order valence-corrected chi connectivity index (χ2v) is 7.67. The van der Waals surface area contributed by atoms with Gasteiger partial charge in [0.15, 0.2) is 0 Å². The van der Waals surface area contributed by atoms with E-state index in [1.165, 1.54) is 12.1 Å². The lowest BCUT2D eigenvalue weighted by Crippen LogP contribution is -2.44. The highest BCUT2D eigenvalue weighted by atomic mass is 19.1. The molecular weight excluding hydrogens is 393 g/mol. The maximum Gasteiger partial charge on any atom is 0.259 e. The van der Waals surface area contributed by atoms with Gasteiger partial charge in [-0.3, -0.25) is 4.79 Å². The molecule has 0 atom stereocenters. The number of rotatable bonds is 6. The molecule has 0 bridgehead atoms. The quantitative estimate of drug-likeness (QED) is 0.643. The van der Waals surface area contributed by atoms with Crippen LogP contribution in [0.25, 0.3) is 0 Å². The third kappa shape index (κ3) is 5.22. The van der Waals surface area contributed by atoms with E-state index in [0.717, 1.165) is 43.1 Å². The Hall–Kier alpha value is -3.38. The van der Waals surface area contributed by atoms with Crippen LogP contribution in [0.15, 0.2) is 72.8 Å². The molecule has 6 heteroatoms. The van der Waals surface area contributed by atoms with E-state index in [9.17, 15) is 9.18 Å². The third-order valence-electron chi connectivity index (χ3n) is 5.44. The molecule has 1 N–H and O–H groups in total. The largest absolute Gasteiger partial charge is 0.488 e. The van der Waals surface area contributed by atoms with Crippen molar-refractivity contribution in [3.05, 3.63) is 89.7 Å². The molecule has 0 aliphatic carbocycles. The fraction of sp³-hybridized carbons (Fsp3) is 0.240. The molecule has 1 aliphatic heterocycles. The summed E-state index contributed by atoms with van der Waals surface area (Å²) in [7, 11) is 2.12. The van der Waals surface area contributed by atoms with Crippen LogP contribution in [0.4, 0.5) is 15.8 Å². The number of halogens is 1. The molecular formula is C25H26FN3O2. The molecule has 31 heavy (non-hydrogen) atoms. The molecule has 1 aliphatic rings. The third-order valence-corrected chi connectivity index (χ3v) is 5.44. The Balaban J connectivity index is 1.49. The SMILES string of the molecule is CN1CCN(c2ccccc2NC(=O)c2ccccc2OCc2ccc(F)cc2)CC1. The molecule has 1 saturated heterocycles. The highest BCUT2D eigenvalue weighted by molar-refractivity contribution is 6.07. The van der Waals surface area contributed by atoms with Crippen molar-refractivity contribution in [3.63, 3.8) is 0 Å². The average Bonchev–Trinajstić information content (AvgIpc) is 2.80. The summed E-state index contributed by atoms with van der Waals surface area (Å²) in [6.07, 6.45) is 0. The normalized spacial score (nSPS) is 14.3. The summed E-state index contributed by atoms with van der Waals surface area (Å²) in [4.78, 5) is 17.7. The zero-order valence-electron chi connectivity index (χ0n) is 17.6. The lowest BCUT2D eigenvalue weighted by Gasteiger charge is -2.35. The van der Waals surface area contributed by atoms with Gasteiger partial charge in [-0.25, -0.2) is 4.39 Å². The minimum Gasteiger partial charge on any atom is -0.488 e. The van der Waals surface area contributed by atoms with Gasteiger partial charge in [0.2, 0.25) is 0 Å². The van der Waals surface area contributed by atoms with Crippen LogP contribution < -0.4 is 15.0 Å². The number of hydrogen-bond donors (Lipinski definition) is 1. The van der Waals surface area contributed by atoms with E-state index in [4.69, 9.17) is 4.74 Å². The van der Waals surface area contributed by atoms with Gasteiger partial charge < -0.3 is 19.9 Å². The molecule has 0 radical (unpaired) electrons. The summed E-state index contributed by atoms with van der Waals surface area (Å²) >= 11 is 0. The topological polar surface area (TPSA) is 44.8 Å². The van der Waals surface area contributed by atoms with Gasteiger partial charge >= 0.3 is 0 Å². The van der Waals surface area contributed by atoms with Gasteiger partial charge in [-0.2, -0.15) is 0 Å². The van der Waals surface area contributed by atoms with E-state index in [1.807, 2.05) is 36.4 Å². The minimum atomic E-state index is -0.289. The van der Waals surface area contributed by atoms with E-state index in [-0.39, 0.29) is 18.3 Å². The van der Waals surface area contributed by atoms with Crippen molar-refractivity contribution in [1.82, 2.24) is 4.90 Å². The molecule has 160 valence electrons. The number of anilines is 2. The van der Waals surface area contributed by atoms with Crippen LogP contribution in [-0.4, -0.2) is 44.0 Å². The summed E-state index contributed by atoms with van der Waals surface area (Å²) in [5.74, 6) is -0.0276. The highest BCUT2D eigenvalue weighted by Crippen LogP contribution is 2.28. The monoisotopic (exact) mass is 419 g/mol. The lowest BCUT2D eigenvalue weighted by atomic mass is 10.1. The van der Waals surface area contributed by atoms with Gasteiger partial charge in [-0.1, -0.05) is 36.4 Å².